The lowest BCUT2D eigenvalue weighted by molar-refractivity contribution is -0.144. The second-order valence-electron chi connectivity index (χ2n) is 9.14. The third kappa shape index (κ3) is 14.8. The number of nitrogens with zero attached hydrogens (tertiary/aromatic N) is 1. The van der Waals surface area contributed by atoms with Crippen molar-refractivity contribution in [2.24, 2.45) is 0 Å². The molecule has 0 unspecified atom stereocenters. The summed E-state index contributed by atoms with van der Waals surface area (Å²) in [6.45, 7) is 6.93. The Morgan fingerprint density at radius 1 is 0.688 bits per heavy atom. The summed E-state index contributed by atoms with van der Waals surface area (Å²) in [6.07, 6.45) is 16.3. The molecule has 1 fully saturated rings. The van der Waals surface area contributed by atoms with Gasteiger partial charge in [-0.25, -0.2) is 0 Å². The minimum Gasteiger partial charge on any atom is -0.466 e. The Kier molecular flexibility index (Phi) is 17.5. The van der Waals surface area contributed by atoms with Gasteiger partial charge in [-0.3, -0.25) is 9.59 Å². The standard InChI is InChI=1S/C26H49NO5/c1-3-31-25(29)15-11-7-5-9-13-21-27(23-17-19-24(28)20-18-23)22-14-10-6-8-12-16-26(30)32-4-2/h23-24,28H,3-22H2,1-2H3. The molecule has 0 heterocycles. The molecule has 6 nitrogen and oxygen atoms in total. The van der Waals surface area contributed by atoms with Crippen LogP contribution in [-0.4, -0.2) is 60.4 Å². The molecule has 1 aliphatic rings. The molecule has 0 atom stereocenters. The van der Waals surface area contributed by atoms with Gasteiger partial charge >= 0.3 is 11.9 Å². The van der Waals surface area contributed by atoms with Crippen molar-refractivity contribution in [1.29, 1.82) is 0 Å². The van der Waals surface area contributed by atoms with Crippen molar-refractivity contribution < 1.29 is 24.2 Å². The van der Waals surface area contributed by atoms with Crippen molar-refractivity contribution in [3.8, 4) is 0 Å². The fourth-order valence-corrected chi connectivity index (χ4v) is 4.60. The molecule has 1 N–H and O–H groups in total. The SMILES string of the molecule is CCOC(=O)CCCCCCCN(CCCCCCCC(=O)OCC)C1CCC(O)CC1. The highest BCUT2D eigenvalue weighted by molar-refractivity contribution is 5.69. The number of carbonyl (C=O) groups is 2. The number of rotatable bonds is 19. The molecule has 1 rings (SSSR count). The molecule has 0 aromatic rings. The van der Waals surface area contributed by atoms with E-state index in [1.165, 1.54) is 38.5 Å². The van der Waals surface area contributed by atoms with E-state index in [1.807, 2.05) is 13.8 Å². The summed E-state index contributed by atoms with van der Waals surface area (Å²) in [5.74, 6) is -0.141. The molecule has 0 aliphatic heterocycles. The second-order valence-corrected chi connectivity index (χ2v) is 9.14. The highest BCUT2D eigenvalue weighted by Gasteiger charge is 2.24. The highest BCUT2D eigenvalue weighted by Crippen LogP contribution is 2.24. The number of unbranched alkanes of at least 4 members (excludes halogenated alkanes) is 8. The van der Waals surface area contributed by atoms with Crippen LogP contribution in [0.15, 0.2) is 0 Å². The molecule has 0 saturated heterocycles. The molecule has 0 aromatic heterocycles. The van der Waals surface area contributed by atoms with E-state index in [0.717, 1.165) is 64.5 Å². The quantitative estimate of drug-likeness (QED) is 0.208. The first-order valence-electron chi connectivity index (χ1n) is 13.3. The van der Waals surface area contributed by atoms with Crippen molar-refractivity contribution >= 4 is 11.9 Å². The molecule has 188 valence electrons. The molecule has 6 heteroatoms. The number of ether oxygens (including phenoxy) is 2. The summed E-state index contributed by atoms with van der Waals surface area (Å²) in [7, 11) is 0. The van der Waals surface area contributed by atoms with E-state index in [2.05, 4.69) is 4.90 Å². The van der Waals surface area contributed by atoms with Crippen LogP contribution in [-0.2, 0) is 19.1 Å². The summed E-state index contributed by atoms with van der Waals surface area (Å²) in [4.78, 5) is 25.5. The summed E-state index contributed by atoms with van der Waals surface area (Å²) in [5.41, 5.74) is 0. The topological polar surface area (TPSA) is 76.1 Å². The van der Waals surface area contributed by atoms with Gasteiger partial charge in [0.1, 0.15) is 0 Å². The Morgan fingerprint density at radius 2 is 1.09 bits per heavy atom. The van der Waals surface area contributed by atoms with Gasteiger partial charge in [0.2, 0.25) is 0 Å². The molecule has 0 bridgehead atoms. The van der Waals surface area contributed by atoms with Crippen LogP contribution < -0.4 is 0 Å². The average Bonchev–Trinajstić information content (AvgIpc) is 2.77. The minimum atomic E-state index is -0.105. The highest BCUT2D eigenvalue weighted by atomic mass is 16.5. The molecular weight excluding hydrogens is 406 g/mol. The molecular formula is C26H49NO5. The van der Waals surface area contributed by atoms with Gasteiger partial charge < -0.3 is 19.5 Å². The largest absolute Gasteiger partial charge is 0.466 e. The van der Waals surface area contributed by atoms with Crippen molar-refractivity contribution in [1.82, 2.24) is 4.90 Å². The van der Waals surface area contributed by atoms with Gasteiger partial charge in [-0.15, -0.1) is 0 Å². The predicted molar refractivity (Wildman–Crippen MR) is 129 cm³/mol. The molecule has 1 saturated carbocycles. The van der Waals surface area contributed by atoms with Crippen LogP contribution in [0.2, 0.25) is 0 Å². The number of hydrogen-bond donors (Lipinski definition) is 1. The van der Waals surface area contributed by atoms with Crippen molar-refractivity contribution in [3.63, 3.8) is 0 Å². The maximum atomic E-state index is 11.4. The van der Waals surface area contributed by atoms with Crippen LogP contribution in [0.3, 0.4) is 0 Å². The van der Waals surface area contributed by atoms with E-state index in [0.29, 0.717) is 32.1 Å². The second kappa shape index (κ2) is 19.3. The van der Waals surface area contributed by atoms with Crippen LogP contribution >= 0.6 is 0 Å². The van der Waals surface area contributed by atoms with E-state index >= 15 is 0 Å². The van der Waals surface area contributed by atoms with E-state index in [-0.39, 0.29) is 18.0 Å². The molecule has 0 amide bonds. The Bertz CT molecular complexity index is 445. The smallest absolute Gasteiger partial charge is 0.305 e. The first kappa shape index (κ1) is 28.9. The summed E-state index contributed by atoms with van der Waals surface area (Å²) >= 11 is 0. The number of hydrogen-bond acceptors (Lipinski definition) is 6. The lowest BCUT2D eigenvalue weighted by Gasteiger charge is -2.36. The van der Waals surface area contributed by atoms with Gasteiger partial charge in [0.25, 0.3) is 0 Å². The zero-order chi connectivity index (χ0) is 23.4. The molecule has 0 aromatic carbocycles. The van der Waals surface area contributed by atoms with Gasteiger partial charge in [-0.1, -0.05) is 38.5 Å². The Hall–Kier alpha value is -1.14. The van der Waals surface area contributed by atoms with Crippen LogP contribution in [0.25, 0.3) is 0 Å². The first-order valence-corrected chi connectivity index (χ1v) is 13.3. The van der Waals surface area contributed by atoms with Gasteiger partial charge in [-0.05, 0) is 78.3 Å². The number of aliphatic hydroxyl groups excluding tert-OH is 1. The Morgan fingerprint density at radius 3 is 1.53 bits per heavy atom. The van der Waals surface area contributed by atoms with E-state index in [4.69, 9.17) is 9.47 Å². The predicted octanol–water partition coefficient (Wildman–Crippen LogP) is 5.40. The van der Waals surface area contributed by atoms with Crippen LogP contribution in [0.5, 0.6) is 0 Å². The fourth-order valence-electron chi connectivity index (χ4n) is 4.60. The van der Waals surface area contributed by atoms with Crippen molar-refractivity contribution in [3.05, 3.63) is 0 Å². The van der Waals surface area contributed by atoms with Gasteiger partial charge in [0.05, 0.1) is 19.3 Å². The Balaban J connectivity index is 2.19. The van der Waals surface area contributed by atoms with Crippen LogP contribution in [0.1, 0.15) is 117 Å². The third-order valence-corrected chi connectivity index (χ3v) is 6.45. The monoisotopic (exact) mass is 455 g/mol. The van der Waals surface area contributed by atoms with E-state index in [1.54, 1.807) is 0 Å². The summed E-state index contributed by atoms with van der Waals surface area (Å²) in [6, 6.07) is 0.617. The van der Waals surface area contributed by atoms with Crippen LogP contribution in [0.4, 0.5) is 0 Å². The normalized spacial score (nSPS) is 18.6. The van der Waals surface area contributed by atoms with Gasteiger partial charge in [0.15, 0.2) is 0 Å². The number of esters is 2. The van der Waals surface area contributed by atoms with Crippen molar-refractivity contribution in [2.45, 2.75) is 129 Å². The minimum absolute atomic E-state index is 0.0703. The number of aliphatic hydroxyl groups is 1. The van der Waals surface area contributed by atoms with Crippen molar-refractivity contribution in [2.75, 3.05) is 26.3 Å². The lowest BCUT2D eigenvalue weighted by Crippen LogP contribution is -2.40. The third-order valence-electron chi connectivity index (χ3n) is 6.45. The van der Waals surface area contributed by atoms with E-state index in [9.17, 15) is 14.7 Å². The first-order chi connectivity index (χ1) is 15.6. The molecule has 0 spiro atoms. The summed E-state index contributed by atoms with van der Waals surface area (Å²) < 4.78 is 9.96. The zero-order valence-corrected chi connectivity index (χ0v) is 20.8. The van der Waals surface area contributed by atoms with E-state index < -0.39 is 0 Å². The fraction of sp³-hybridized carbons (Fsp3) is 0.923. The maximum Gasteiger partial charge on any atom is 0.305 e. The van der Waals surface area contributed by atoms with Gasteiger partial charge in [0, 0.05) is 18.9 Å². The maximum absolute atomic E-state index is 11.4. The number of carbonyl (C=O) groups excluding carboxylic acids is 2. The molecule has 32 heavy (non-hydrogen) atoms. The lowest BCUT2D eigenvalue weighted by atomic mass is 9.91. The average molecular weight is 456 g/mol. The molecule has 0 radical (unpaired) electrons. The molecule has 1 aliphatic carbocycles. The Labute approximate surface area is 196 Å². The summed E-state index contributed by atoms with van der Waals surface area (Å²) in [5, 5.41) is 9.86. The van der Waals surface area contributed by atoms with Gasteiger partial charge in [-0.2, -0.15) is 0 Å². The van der Waals surface area contributed by atoms with Crippen LogP contribution in [0, 0.1) is 0 Å². The zero-order valence-electron chi connectivity index (χ0n) is 20.8.